The molecule has 1 saturated heterocycles. The molecule has 0 aliphatic carbocycles. The Balaban J connectivity index is 2.01. The molecule has 1 fully saturated rings. The molecule has 1 aliphatic rings. The minimum atomic E-state index is -0.0841. The summed E-state index contributed by atoms with van der Waals surface area (Å²) in [6.45, 7) is 2.63. The van der Waals surface area contributed by atoms with E-state index in [0.29, 0.717) is 13.0 Å². The minimum Gasteiger partial charge on any atom is -0.395 e. The van der Waals surface area contributed by atoms with E-state index in [2.05, 4.69) is 17.2 Å². The average molecular weight is 273 g/mol. The molecule has 2 rings (SSSR count). The maximum absolute atomic E-state index is 12.1. The topological polar surface area (TPSA) is 58.6 Å². The van der Waals surface area contributed by atoms with E-state index in [1.54, 1.807) is 0 Å². The van der Waals surface area contributed by atoms with Gasteiger partial charge in [0, 0.05) is 24.3 Å². The molecule has 1 aliphatic heterocycles. The van der Waals surface area contributed by atoms with Crippen LogP contribution in [0.2, 0.25) is 0 Å². The third kappa shape index (κ3) is 3.83. The number of aliphatic hydroxyl groups excluding tert-OH is 1. The van der Waals surface area contributed by atoms with Crippen molar-refractivity contribution >= 4 is 11.6 Å². The summed E-state index contributed by atoms with van der Waals surface area (Å²) in [5, 5.41) is 11.6. The van der Waals surface area contributed by atoms with E-state index in [1.807, 2.05) is 31.2 Å². The second-order valence-corrected chi connectivity index (χ2v) is 4.82. The minimum absolute atomic E-state index is 0.00420. The Morgan fingerprint density at radius 2 is 2.40 bits per heavy atom. The van der Waals surface area contributed by atoms with Crippen molar-refractivity contribution in [3.8, 4) is 11.8 Å². The summed E-state index contributed by atoms with van der Waals surface area (Å²) in [7, 11) is 0. The van der Waals surface area contributed by atoms with Gasteiger partial charge in [0.25, 0.3) is 0 Å². The molecule has 1 amide bonds. The predicted octanol–water partition coefficient (Wildman–Crippen LogP) is 1.78. The molecule has 2 N–H and O–H groups in total. The highest BCUT2D eigenvalue weighted by atomic mass is 16.5. The van der Waals surface area contributed by atoms with Crippen LogP contribution in [0.5, 0.6) is 0 Å². The van der Waals surface area contributed by atoms with Crippen molar-refractivity contribution in [2.45, 2.75) is 25.9 Å². The molecule has 0 spiro atoms. The Labute approximate surface area is 119 Å². The number of anilines is 1. The summed E-state index contributed by atoms with van der Waals surface area (Å²) in [4.78, 5) is 12.1. The Kier molecular flexibility index (Phi) is 5.16. The molecule has 4 nitrogen and oxygen atoms in total. The molecule has 0 radical (unpaired) electrons. The first-order chi connectivity index (χ1) is 9.70. The lowest BCUT2D eigenvalue weighted by atomic mass is 10.0. The summed E-state index contributed by atoms with van der Waals surface area (Å²) in [6.07, 6.45) is 1.19. The maximum atomic E-state index is 12.1. The van der Waals surface area contributed by atoms with Crippen molar-refractivity contribution in [1.82, 2.24) is 0 Å². The van der Waals surface area contributed by atoms with Gasteiger partial charge in [-0.2, -0.15) is 0 Å². The van der Waals surface area contributed by atoms with Gasteiger partial charge in [-0.3, -0.25) is 4.79 Å². The number of aliphatic hydroxyl groups is 1. The summed E-state index contributed by atoms with van der Waals surface area (Å²) >= 11 is 0. The van der Waals surface area contributed by atoms with Crippen molar-refractivity contribution < 1.29 is 14.6 Å². The van der Waals surface area contributed by atoms with E-state index < -0.39 is 0 Å². The zero-order chi connectivity index (χ0) is 14.4. The van der Waals surface area contributed by atoms with Crippen LogP contribution in [-0.4, -0.2) is 30.3 Å². The van der Waals surface area contributed by atoms with Gasteiger partial charge in [-0.05, 0) is 31.5 Å². The summed E-state index contributed by atoms with van der Waals surface area (Å²) in [5.74, 6) is 5.72. The number of hydrogen-bond donors (Lipinski definition) is 2. The summed E-state index contributed by atoms with van der Waals surface area (Å²) in [6, 6.07) is 7.41. The highest BCUT2D eigenvalue weighted by Gasteiger charge is 2.30. The lowest BCUT2D eigenvalue weighted by Gasteiger charge is -2.14. The highest BCUT2D eigenvalue weighted by molar-refractivity contribution is 5.93. The molecule has 20 heavy (non-hydrogen) atoms. The van der Waals surface area contributed by atoms with Crippen molar-refractivity contribution in [2.24, 2.45) is 5.92 Å². The molecule has 2 atom stereocenters. The maximum Gasteiger partial charge on any atom is 0.230 e. The van der Waals surface area contributed by atoms with Crippen molar-refractivity contribution in [1.29, 1.82) is 0 Å². The number of carbonyl (C=O) groups excluding carboxylic acids is 1. The molecular formula is C16H19NO3. The predicted molar refractivity (Wildman–Crippen MR) is 77.2 cm³/mol. The number of rotatable bonds is 3. The third-order valence-corrected chi connectivity index (χ3v) is 3.31. The molecule has 0 aromatic heterocycles. The van der Waals surface area contributed by atoms with Gasteiger partial charge in [-0.15, -0.1) is 0 Å². The lowest BCUT2D eigenvalue weighted by molar-refractivity contribution is -0.121. The SMILES string of the molecule is CC1OCCC1C(=O)Nc1cccc(C#CCCO)c1. The van der Waals surface area contributed by atoms with E-state index in [-0.39, 0.29) is 24.5 Å². The molecule has 1 aromatic carbocycles. The van der Waals surface area contributed by atoms with Crippen LogP contribution < -0.4 is 5.32 Å². The van der Waals surface area contributed by atoms with E-state index >= 15 is 0 Å². The molecule has 106 valence electrons. The fraction of sp³-hybridized carbons (Fsp3) is 0.438. The number of hydrogen-bond acceptors (Lipinski definition) is 3. The van der Waals surface area contributed by atoms with Crippen LogP contribution in [0.4, 0.5) is 5.69 Å². The zero-order valence-electron chi connectivity index (χ0n) is 11.6. The van der Waals surface area contributed by atoms with Gasteiger partial charge < -0.3 is 15.2 Å². The fourth-order valence-corrected chi connectivity index (χ4v) is 2.21. The van der Waals surface area contributed by atoms with Crippen LogP contribution in [0, 0.1) is 17.8 Å². The summed E-state index contributed by atoms with van der Waals surface area (Å²) in [5.41, 5.74) is 1.57. The number of benzene rings is 1. The van der Waals surface area contributed by atoms with Gasteiger partial charge in [-0.25, -0.2) is 0 Å². The average Bonchev–Trinajstić information content (AvgIpc) is 2.86. The van der Waals surface area contributed by atoms with Crippen LogP contribution >= 0.6 is 0 Å². The van der Waals surface area contributed by atoms with Gasteiger partial charge in [0.2, 0.25) is 5.91 Å². The van der Waals surface area contributed by atoms with E-state index in [0.717, 1.165) is 17.7 Å². The third-order valence-electron chi connectivity index (χ3n) is 3.31. The van der Waals surface area contributed by atoms with Crippen molar-refractivity contribution in [3.05, 3.63) is 29.8 Å². The van der Waals surface area contributed by atoms with Crippen molar-refractivity contribution in [2.75, 3.05) is 18.5 Å². The molecule has 0 bridgehead atoms. The first-order valence-electron chi connectivity index (χ1n) is 6.83. The zero-order valence-corrected chi connectivity index (χ0v) is 11.6. The molecule has 1 aromatic rings. The number of amides is 1. The van der Waals surface area contributed by atoms with Gasteiger partial charge in [-0.1, -0.05) is 17.9 Å². The van der Waals surface area contributed by atoms with Crippen LogP contribution in [0.1, 0.15) is 25.3 Å². The van der Waals surface area contributed by atoms with E-state index in [9.17, 15) is 4.79 Å². The largest absolute Gasteiger partial charge is 0.395 e. The molecule has 4 heteroatoms. The Morgan fingerprint density at radius 3 is 3.10 bits per heavy atom. The second-order valence-electron chi connectivity index (χ2n) is 4.82. The lowest BCUT2D eigenvalue weighted by Crippen LogP contribution is -2.27. The van der Waals surface area contributed by atoms with Gasteiger partial charge in [0.05, 0.1) is 18.6 Å². The summed E-state index contributed by atoms with van der Waals surface area (Å²) < 4.78 is 5.41. The smallest absolute Gasteiger partial charge is 0.230 e. The molecule has 1 heterocycles. The number of ether oxygens (including phenoxy) is 1. The number of nitrogens with one attached hydrogen (secondary N) is 1. The van der Waals surface area contributed by atoms with Gasteiger partial charge in [0.15, 0.2) is 0 Å². The highest BCUT2D eigenvalue weighted by Crippen LogP contribution is 2.22. The Morgan fingerprint density at radius 1 is 1.55 bits per heavy atom. The van der Waals surface area contributed by atoms with Gasteiger partial charge in [0.1, 0.15) is 0 Å². The first kappa shape index (κ1) is 14.6. The normalized spacial score (nSPS) is 21.1. The standard InChI is InChI=1S/C16H19NO3/c1-12-15(8-10-20-12)16(19)17-14-7-4-6-13(11-14)5-2-3-9-18/h4,6-7,11-12,15,18H,3,8-10H2,1H3,(H,17,19). The first-order valence-corrected chi connectivity index (χ1v) is 6.83. The number of carbonyl (C=O) groups is 1. The second kappa shape index (κ2) is 7.09. The van der Waals surface area contributed by atoms with Crippen LogP contribution in [-0.2, 0) is 9.53 Å². The molecular weight excluding hydrogens is 254 g/mol. The van der Waals surface area contributed by atoms with E-state index in [4.69, 9.17) is 9.84 Å². The Bertz CT molecular complexity index is 530. The fourth-order valence-electron chi connectivity index (χ4n) is 2.21. The molecule has 0 saturated carbocycles. The van der Waals surface area contributed by atoms with Crippen LogP contribution in [0.3, 0.4) is 0 Å². The van der Waals surface area contributed by atoms with Crippen LogP contribution in [0.25, 0.3) is 0 Å². The monoisotopic (exact) mass is 273 g/mol. The van der Waals surface area contributed by atoms with E-state index in [1.165, 1.54) is 0 Å². The van der Waals surface area contributed by atoms with Crippen LogP contribution in [0.15, 0.2) is 24.3 Å². The quantitative estimate of drug-likeness (QED) is 0.825. The molecule has 2 unspecified atom stereocenters. The Hall–Kier alpha value is -1.83. The van der Waals surface area contributed by atoms with Crippen molar-refractivity contribution in [3.63, 3.8) is 0 Å². The van der Waals surface area contributed by atoms with Gasteiger partial charge >= 0.3 is 0 Å².